The largest absolute Gasteiger partial charge is 0.369 e. The SMILES string of the molecule is C[C@@]1(c2ccc(-c3[nH]c4cc(F)cc5c4c3COCC5=O)cc2F)CCCN1. The van der Waals surface area contributed by atoms with Crippen molar-refractivity contribution in [1.29, 1.82) is 0 Å². The molecule has 2 aliphatic rings. The van der Waals surface area contributed by atoms with Gasteiger partial charge in [0.2, 0.25) is 0 Å². The number of aromatic nitrogens is 1. The maximum absolute atomic E-state index is 15.0. The number of hydrogen-bond donors (Lipinski definition) is 2. The first-order valence-corrected chi connectivity index (χ1v) is 9.47. The van der Waals surface area contributed by atoms with Gasteiger partial charge in [0.05, 0.1) is 12.3 Å². The molecule has 0 spiro atoms. The molecule has 5 rings (SSSR count). The number of ketones is 1. The summed E-state index contributed by atoms with van der Waals surface area (Å²) in [6.45, 7) is 3.01. The van der Waals surface area contributed by atoms with Gasteiger partial charge in [0, 0.05) is 38.7 Å². The molecule has 6 heteroatoms. The van der Waals surface area contributed by atoms with Crippen molar-refractivity contribution in [2.75, 3.05) is 13.2 Å². The number of nitrogens with one attached hydrogen (secondary N) is 2. The summed E-state index contributed by atoms with van der Waals surface area (Å²) in [6.07, 6.45) is 1.91. The van der Waals surface area contributed by atoms with Gasteiger partial charge in [-0.1, -0.05) is 12.1 Å². The highest BCUT2D eigenvalue weighted by Crippen LogP contribution is 2.38. The number of hydrogen-bond acceptors (Lipinski definition) is 3. The number of carbonyl (C=O) groups is 1. The number of aromatic amines is 1. The Bertz CT molecular complexity index is 1110. The molecule has 1 atom stereocenters. The Labute approximate surface area is 160 Å². The van der Waals surface area contributed by atoms with Crippen LogP contribution in [-0.4, -0.2) is 23.9 Å². The summed E-state index contributed by atoms with van der Waals surface area (Å²) in [4.78, 5) is 15.5. The third kappa shape index (κ3) is 2.59. The van der Waals surface area contributed by atoms with E-state index in [1.165, 1.54) is 18.2 Å². The number of Topliss-reactive ketones (excluding diaryl/α,β-unsaturated/α-hetero) is 1. The predicted octanol–water partition coefficient (Wildman–Crippen LogP) is 4.42. The lowest BCUT2D eigenvalue weighted by Gasteiger charge is -2.25. The summed E-state index contributed by atoms with van der Waals surface area (Å²) in [6, 6.07) is 7.79. The Hall–Kier alpha value is -2.57. The minimum atomic E-state index is -0.487. The first kappa shape index (κ1) is 17.5. The van der Waals surface area contributed by atoms with Crippen LogP contribution >= 0.6 is 0 Å². The van der Waals surface area contributed by atoms with Gasteiger partial charge in [0.25, 0.3) is 0 Å². The highest BCUT2D eigenvalue weighted by molar-refractivity contribution is 6.11. The van der Waals surface area contributed by atoms with E-state index in [0.29, 0.717) is 33.3 Å². The summed E-state index contributed by atoms with van der Waals surface area (Å²) < 4.78 is 34.5. The van der Waals surface area contributed by atoms with E-state index in [4.69, 9.17) is 4.74 Å². The zero-order valence-electron chi connectivity index (χ0n) is 15.5. The van der Waals surface area contributed by atoms with Crippen molar-refractivity contribution in [3.8, 4) is 11.3 Å². The summed E-state index contributed by atoms with van der Waals surface area (Å²) in [5.41, 5.74) is 3.19. The van der Waals surface area contributed by atoms with Crippen LogP contribution in [0.15, 0.2) is 30.3 Å². The molecule has 1 saturated heterocycles. The molecule has 28 heavy (non-hydrogen) atoms. The van der Waals surface area contributed by atoms with Crippen LogP contribution in [-0.2, 0) is 16.9 Å². The van der Waals surface area contributed by atoms with Crippen LogP contribution in [0.4, 0.5) is 8.78 Å². The van der Waals surface area contributed by atoms with Gasteiger partial charge in [-0.25, -0.2) is 8.78 Å². The number of carbonyl (C=O) groups excluding carboxylic acids is 1. The second-order valence-corrected chi connectivity index (χ2v) is 7.83. The maximum atomic E-state index is 15.0. The first-order valence-electron chi connectivity index (χ1n) is 9.47. The highest BCUT2D eigenvalue weighted by Gasteiger charge is 2.33. The van der Waals surface area contributed by atoms with Crippen LogP contribution in [0.25, 0.3) is 22.2 Å². The zero-order valence-corrected chi connectivity index (χ0v) is 15.5. The molecule has 3 heterocycles. The van der Waals surface area contributed by atoms with Crippen LogP contribution < -0.4 is 5.32 Å². The van der Waals surface area contributed by atoms with Crippen LogP contribution in [0.1, 0.15) is 41.3 Å². The third-order valence-electron chi connectivity index (χ3n) is 5.97. The second-order valence-electron chi connectivity index (χ2n) is 7.83. The molecular formula is C22H20F2N2O2. The van der Waals surface area contributed by atoms with Gasteiger partial charge in [-0.2, -0.15) is 0 Å². The molecule has 0 aliphatic carbocycles. The molecule has 2 aliphatic heterocycles. The van der Waals surface area contributed by atoms with Gasteiger partial charge in [-0.15, -0.1) is 0 Å². The quantitative estimate of drug-likeness (QED) is 0.690. The van der Waals surface area contributed by atoms with Crippen LogP contribution in [0.3, 0.4) is 0 Å². The van der Waals surface area contributed by atoms with Crippen molar-refractivity contribution in [3.63, 3.8) is 0 Å². The second kappa shape index (κ2) is 6.22. The molecule has 1 aromatic heterocycles. The van der Waals surface area contributed by atoms with Crippen molar-refractivity contribution < 1.29 is 18.3 Å². The number of H-pyrrole nitrogens is 1. The summed E-state index contributed by atoms with van der Waals surface area (Å²) in [5, 5.41) is 4.04. The lowest BCUT2D eigenvalue weighted by molar-refractivity contribution is 0.0742. The molecule has 144 valence electrons. The third-order valence-corrected chi connectivity index (χ3v) is 5.97. The standard InChI is InChI=1S/C22H20F2N2O2/c1-22(5-2-6-25-22)16-4-3-12(7-17(16)24)21-15-10-28-11-19(27)14-8-13(23)9-18(26-21)20(14)15/h3-4,7-9,25-26H,2,5-6,10-11H2,1H3/t22-/m0/s1. The Balaban J connectivity index is 1.68. The topological polar surface area (TPSA) is 54.1 Å². The smallest absolute Gasteiger partial charge is 0.189 e. The predicted molar refractivity (Wildman–Crippen MR) is 102 cm³/mol. The van der Waals surface area contributed by atoms with Crippen LogP contribution in [0, 0.1) is 11.6 Å². The molecule has 0 unspecified atom stereocenters. The van der Waals surface area contributed by atoms with Crippen molar-refractivity contribution in [2.24, 2.45) is 0 Å². The summed E-state index contributed by atoms with van der Waals surface area (Å²) >= 11 is 0. The van der Waals surface area contributed by atoms with E-state index < -0.39 is 5.82 Å². The first-order chi connectivity index (χ1) is 13.5. The molecule has 0 bridgehead atoms. The Morgan fingerprint density at radius 1 is 1.14 bits per heavy atom. The number of halogens is 2. The Morgan fingerprint density at radius 2 is 2.00 bits per heavy atom. The van der Waals surface area contributed by atoms with E-state index in [1.807, 2.05) is 19.1 Å². The molecule has 2 N–H and O–H groups in total. The summed E-state index contributed by atoms with van der Waals surface area (Å²) in [7, 11) is 0. The minimum absolute atomic E-state index is 0.0933. The molecule has 3 aromatic rings. The highest BCUT2D eigenvalue weighted by atomic mass is 19.1. The zero-order chi connectivity index (χ0) is 19.5. The van der Waals surface area contributed by atoms with Crippen molar-refractivity contribution in [3.05, 3.63) is 58.7 Å². The van der Waals surface area contributed by atoms with Gasteiger partial charge >= 0.3 is 0 Å². The molecule has 0 saturated carbocycles. The van der Waals surface area contributed by atoms with E-state index in [9.17, 15) is 9.18 Å². The molecule has 2 aromatic carbocycles. The number of benzene rings is 2. The van der Waals surface area contributed by atoms with E-state index in [-0.39, 0.29) is 30.4 Å². The van der Waals surface area contributed by atoms with Gasteiger partial charge in [-0.05, 0) is 44.5 Å². The van der Waals surface area contributed by atoms with Crippen LogP contribution in [0.2, 0.25) is 0 Å². The average molecular weight is 382 g/mol. The van der Waals surface area contributed by atoms with Gasteiger partial charge in [0.1, 0.15) is 18.2 Å². The van der Waals surface area contributed by atoms with Crippen molar-refractivity contribution >= 4 is 16.7 Å². The monoisotopic (exact) mass is 382 g/mol. The van der Waals surface area contributed by atoms with E-state index in [2.05, 4.69) is 10.3 Å². The summed E-state index contributed by atoms with van der Waals surface area (Å²) in [5.74, 6) is -1.02. The average Bonchev–Trinajstić information content (AvgIpc) is 3.21. The molecule has 0 radical (unpaired) electrons. The lowest BCUT2D eigenvalue weighted by Crippen LogP contribution is -2.34. The molecule has 1 fully saturated rings. The van der Waals surface area contributed by atoms with Crippen molar-refractivity contribution in [1.82, 2.24) is 10.3 Å². The molecule has 4 nitrogen and oxygen atoms in total. The Morgan fingerprint density at radius 3 is 2.75 bits per heavy atom. The molecular weight excluding hydrogens is 362 g/mol. The normalized spacial score (nSPS) is 22.0. The fourth-order valence-electron chi connectivity index (χ4n) is 4.54. The van der Waals surface area contributed by atoms with Crippen molar-refractivity contribution in [2.45, 2.75) is 31.9 Å². The lowest BCUT2D eigenvalue weighted by atomic mass is 9.89. The van der Waals surface area contributed by atoms with Gasteiger partial charge in [0.15, 0.2) is 5.78 Å². The number of ether oxygens (including phenoxy) is 1. The fourth-order valence-corrected chi connectivity index (χ4v) is 4.54. The maximum Gasteiger partial charge on any atom is 0.189 e. The minimum Gasteiger partial charge on any atom is -0.369 e. The van der Waals surface area contributed by atoms with E-state index in [0.717, 1.165) is 24.9 Å². The van der Waals surface area contributed by atoms with Crippen LogP contribution in [0.5, 0.6) is 0 Å². The van der Waals surface area contributed by atoms with E-state index >= 15 is 4.39 Å². The number of rotatable bonds is 2. The van der Waals surface area contributed by atoms with Gasteiger partial charge in [-0.3, -0.25) is 4.79 Å². The fraction of sp³-hybridized carbons (Fsp3) is 0.318. The molecule has 0 amide bonds. The van der Waals surface area contributed by atoms with E-state index in [1.54, 1.807) is 0 Å². The van der Waals surface area contributed by atoms with Gasteiger partial charge < -0.3 is 15.0 Å². The Kier molecular flexibility index (Phi) is 3.89.